The van der Waals surface area contributed by atoms with Gasteiger partial charge in [-0.2, -0.15) is 0 Å². The van der Waals surface area contributed by atoms with Crippen LogP contribution in [0.1, 0.15) is 57.1 Å². The average Bonchev–Trinajstić information content (AvgIpc) is 3.07. The topological polar surface area (TPSA) is 12.0 Å². The molecular weight excluding hydrogens is 266 g/mol. The first-order chi connectivity index (χ1) is 9.76. The third-order valence-electron chi connectivity index (χ3n) is 5.36. The Bertz CT molecular complexity index is 428. The highest BCUT2D eigenvalue weighted by Gasteiger charge is 2.39. The minimum atomic E-state index is 0.497. The lowest BCUT2D eigenvalue weighted by molar-refractivity contribution is 0.302. The standard InChI is InChI=1S/C18H26ClN/c1-2-3-18(14-6-8-17(19)9-7-14)20-12-16-11-13-4-5-15(16)10-13/h6-9,13,15-16,18,20H,2-5,10-12H2,1H3. The molecule has 4 unspecified atom stereocenters. The second kappa shape index (κ2) is 6.49. The summed E-state index contributed by atoms with van der Waals surface area (Å²) >= 11 is 6.00. The van der Waals surface area contributed by atoms with E-state index in [1.807, 2.05) is 12.1 Å². The molecule has 4 atom stereocenters. The Hall–Kier alpha value is -0.530. The van der Waals surface area contributed by atoms with Crippen LogP contribution >= 0.6 is 11.6 Å². The smallest absolute Gasteiger partial charge is 0.0406 e. The lowest BCUT2D eigenvalue weighted by Crippen LogP contribution is -2.30. The monoisotopic (exact) mass is 291 g/mol. The first-order valence-electron chi connectivity index (χ1n) is 8.25. The predicted molar refractivity (Wildman–Crippen MR) is 86.0 cm³/mol. The molecule has 3 rings (SSSR count). The summed E-state index contributed by atoms with van der Waals surface area (Å²) in [5.74, 6) is 2.99. The molecule has 0 saturated heterocycles. The molecule has 2 fully saturated rings. The molecule has 0 aliphatic heterocycles. The first-order valence-corrected chi connectivity index (χ1v) is 8.63. The molecule has 0 aromatic heterocycles. The summed E-state index contributed by atoms with van der Waals surface area (Å²) in [6.45, 7) is 3.47. The van der Waals surface area contributed by atoms with Crippen molar-refractivity contribution in [3.05, 3.63) is 34.9 Å². The lowest BCUT2D eigenvalue weighted by atomic mass is 9.88. The molecule has 0 amide bonds. The quantitative estimate of drug-likeness (QED) is 0.759. The molecule has 2 aliphatic rings. The van der Waals surface area contributed by atoms with Gasteiger partial charge in [-0.15, -0.1) is 0 Å². The maximum atomic E-state index is 6.00. The van der Waals surface area contributed by atoms with E-state index in [0.29, 0.717) is 6.04 Å². The fraction of sp³-hybridized carbons (Fsp3) is 0.667. The van der Waals surface area contributed by atoms with Crippen LogP contribution in [0, 0.1) is 17.8 Å². The third-order valence-corrected chi connectivity index (χ3v) is 5.61. The summed E-state index contributed by atoms with van der Waals surface area (Å²) in [7, 11) is 0. The van der Waals surface area contributed by atoms with Crippen molar-refractivity contribution in [1.29, 1.82) is 0 Å². The van der Waals surface area contributed by atoms with Crippen molar-refractivity contribution in [1.82, 2.24) is 5.32 Å². The minimum absolute atomic E-state index is 0.497. The maximum absolute atomic E-state index is 6.00. The Morgan fingerprint density at radius 2 is 2.00 bits per heavy atom. The summed E-state index contributed by atoms with van der Waals surface area (Å²) in [5, 5.41) is 4.67. The zero-order valence-electron chi connectivity index (χ0n) is 12.4. The number of rotatable bonds is 6. The van der Waals surface area contributed by atoms with Crippen molar-refractivity contribution < 1.29 is 0 Å². The van der Waals surface area contributed by atoms with Crippen LogP contribution in [0.2, 0.25) is 5.02 Å². The van der Waals surface area contributed by atoms with Crippen LogP contribution in [0.3, 0.4) is 0 Å². The molecule has 1 aromatic carbocycles. The number of hydrogen-bond donors (Lipinski definition) is 1. The number of nitrogens with one attached hydrogen (secondary N) is 1. The zero-order chi connectivity index (χ0) is 13.9. The van der Waals surface area contributed by atoms with Gasteiger partial charge in [0.1, 0.15) is 0 Å². The van der Waals surface area contributed by atoms with Gasteiger partial charge in [-0.1, -0.05) is 43.5 Å². The SMILES string of the molecule is CCCC(NCC1CC2CCC1C2)c1ccc(Cl)cc1. The van der Waals surface area contributed by atoms with E-state index in [4.69, 9.17) is 11.6 Å². The van der Waals surface area contributed by atoms with Crippen molar-refractivity contribution >= 4 is 11.6 Å². The van der Waals surface area contributed by atoms with E-state index >= 15 is 0 Å². The number of hydrogen-bond acceptors (Lipinski definition) is 1. The van der Waals surface area contributed by atoms with Crippen molar-refractivity contribution in [2.45, 2.75) is 51.5 Å². The number of halogens is 1. The summed E-state index contributed by atoms with van der Waals surface area (Å²) in [4.78, 5) is 0. The molecule has 1 N–H and O–H groups in total. The fourth-order valence-electron chi connectivity index (χ4n) is 4.29. The second-order valence-corrected chi connectivity index (χ2v) is 7.17. The van der Waals surface area contributed by atoms with Gasteiger partial charge in [0.05, 0.1) is 0 Å². The molecule has 0 heterocycles. The Balaban J connectivity index is 1.58. The lowest BCUT2D eigenvalue weighted by Gasteiger charge is -2.26. The Kier molecular flexibility index (Phi) is 4.68. The van der Waals surface area contributed by atoms with E-state index in [2.05, 4.69) is 24.4 Å². The number of fused-ring (bicyclic) bond motifs is 2. The van der Waals surface area contributed by atoms with E-state index in [1.54, 1.807) is 0 Å². The van der Waals surface area contributed by atoms with E-state index in [1.165, 1.54) is 50.6 Å². The van der Waals surface area contributed by atoms with Gasteiger partial charge < -0.3 is 5.32 Å². The normalized spacial score (nSPS) is 29.8. The van der Waals surface area contributed by atoms with Crippen LogP contribution in [-0.4, -0.2) is 6.54 Å². The van der Waals surface area contributed by atoms with Gasteiger partial charge in [0, 0.05) is 11.1 Å². The highest BCUT2D eigenvalue weighted by Crippen LogP contribution is 2.48. The molecule has 2 aliphatic carbocycles. The maximum Gasteiger partial charge on any atom is 0.0406 e. The van der Waals surface area contributed by atoms with Crippen LogP contribution in [0.25, 0.3) is 0 Å². The highest BCUT2D eigenvalue weighted by atomic mass is 35.5. The summed E-state index contributed by atoms with van der Waals surface area (Å²) < 4.78 is 0. The van der Waals surface area contributed by atoms with Crippen molar-refractivity contribution in [2.24, 2.45) is 17.8 Å². The molecule has 1 aromatic rings. The summed E-state index contributed by atoms with van der Waals surface area (Å²) in [5.41, 5.74) is 1.39. The molecule has 2 heteroatoms. The Labute approximate surface area is 128 Å². The van der Waals surface area contributed by atoms with Crippen molar-refractivity contribution in [2.75, 3.05) is 6.54 Å². The zero-order valence-corrected chi connectivity index (χ0v) is 13.2. The van der Waals surface area contributed by atoms with E-state index in [0.717, 1.165) is 22.8 Å². The van der Waals surface area contributed by atoms with Crippen LogP contribution < -0.4 is 5.32 Å². The third kappa shape index (κ3) is 3.20. The second-order valence-electron chi connectivity index (χ2n) is 6.74. The molecule has 1 nitrogen and oxygen atoms in total. The first kappa shape index (κ1) is 14.4. The largest absolute Gasteiger partial charge is 0.310 e. The van der Waals surface area contributed by atoms with Gasteiger partial charge in [-0.3, -0.25) is 0 Å². The Morgan fingerprint density at radius 1 is 1.20 bits per heavy atom. The van der Waals surface area contributed by atoms with E-state index in [-0.39, 0.29) is 0 Å². The molecular formula is C18H26ClN. The summed E-state index contributed by atoms with van der Waals surface area (Å²) in [6.07, 6.45) is 8.38. The van der Waals surface area contributed by atoms with Gasteiger partial charge in [-0.25, -0.2) is 0 Å². The average molecular weight is 292 g/mol. The fourth-order valence-corrected chi connectivity index (χ4v) is 4.42. The van der Waals surface area contributed by atoms with Gasteiger partial charge in [0.15, 0.2) is 0 Å². The van der Waals surface area contributed by atoms with Gasteiger partial charge in [0.25, 0.3) is 0 Å². The van der Waals surface area contributed by atoms with Crippen LogP contribution in [0.15, 0.2) is 24.3 Å². The van der Waals surface area contributed by atoms with Crippen molar-refractivity contribution in [3.8, 4) is 0 Å². The molecule has 20 heavy (non-hydrogen) atoms. The van der Waals surface area contributed by atoms with Crippen LogP contribution in [0.5, 0.6) is 0 Å². The molecule has 110 valence electrons. The van der Waals surface area contributed by atoms with Crippen LogP contribution in [0.4, 0.5) is 0 Å². The van der Waals surface area contributed by atoms with E-state index < -0.39 is 0 Å². The molecule has 2 saturated carbocycles. The minimum Gasteiger partial charge on any atom is -0.310 e. The number of benzene rings is 1. The molecule has 0 spiro atoms. The predicted octanol–water partition coefficient (Wildman–Crippen LogP) is 5.21. The summed E-state index contributed by atoms with van der Waals surface area (Å²) in [6, 6.07) is 8.88. The van der Waals surface area contributed by atoms with Crippen LogP contribution in [-0.2, 0) is 0 Å². The molecule has 2 bridgehead atoms. The molecule has 0 radical (unpaired) electrons. The van der Waals surface area contributed by atoms with Gasteiger partial charge in [0.2, 0.25) is 0 Å². The van der Waals surface area contributed by atoms with Crippen molar-refractivity contribution in [3.63, 3.8) is 0 Å². The van der Waals surface area contributed by atoms with Gasteiger partial charge >= 0.3 is 0 Å². The van der Waals surface area contributed by atoms with E-state index in [9.17, 15) is 0 Å². The Morgan fingerprint density at radius 3 is 2.60 bits per heavy atom. The highest BCUT2D eigenvalue weighted by molar-refractivity contribution is 6.30. The van der Waals surface area contributed by atoms with Gasteiger partial charge in [-0.05, 0) is 67.7 Å².